The minimum absolute atomic E-state index is 0. The van der Waals surface area contributed by atoms with Gasteiger partial charge in [0.05, 0.1) is 13.2 Å². The molecule has 2 aromatic carbocycles. The van der Waals surface area contributed by atoms with Crippen LogP contribution in [0.1, 0.15) is 11.1 Å². The van der Waals surface area contributed by atoms with Gasteiger partial charge < -0.3 is 4.89 Å². The van der Waals surface area contributed by atoms with Crippen LogP contribution in [0.15, 0.2) is 60.7 Å². The van der Waals surface area contributed by atoms with E-state index in [1.165, 1.54) is 0 Å². The maximum absolute atomic E-state index is 11.7. The molecule has 0 atom stereocenters. The van der Waals surface area contributed by atoms with Gasteiger partial charge in [-0.05, 0) is 11.1 Å². The molecule has 0 fully saturated rings. The molecule has 20 heavy (non-hydrogen) atoms. The van der Waals surface area contributed by atoms with Crippen LogP contribution in [-0.4, -0.2) is 4.89 Å². The molecule has 1 radical (unpaired) electrons. The molecule has 0 aromatic heterocycles. The molecule has 0 bridgehead atoms. The third-order valence-electron chi connectivity index (χ3n) is 2.47. The smallest absolute Gasteiger partial charge is 0.302 e. The Balaban J connectivity index is 0.00000200. The summed E-state index contributed by atoms with van der Waals surface area (Å²) < 4.78 is 21.5. The Hall–Kier alpha value is -0.710. The van der Waals surface area contributed by atoms with Gasteiger partial charge in [-0.1, -0.05) is 60.7 Å². The van der Waals surface area contributed by atoms with Crippen molar-refractivity contribution in [2.45, 2.75) is 13.2 Å². The van der Waals surface area contributed by atoms with Gasteiger partial charge in [0.1, 0.15) is 0 Å². The summed E-state index contributed by atoms with van der Waals surface area (Å²) in [6, 6.07) is 18.4. The predicted octanol–water partition coefficient (Wildman–Crippen LogP) is 3.52. The number of benzene rings is 2. The van der Waals surface area contributed by atoms with Crippen LogP contribution < -0.4 is 0 Å². The summed E-state index contributed by atoms with van der Waals surface area (Å²) in [5.74, 6) is 0. The van der Waals surface area contributed by atoms with E-state index in [0.717, 1.165) is 11.1 Å². The van der Waals surface area contributed by atoms with E-state index in [9.17, 15) is 9.46 Å². The van der Waals surface area contributed by atoms with Crippen LogP contribution >= 0.6 is 7.82 Å². The van der Waals surface area contributed by atoms with E-state index in [-0.39, 0.29) is 35.6 Å². The van der Waals surface area contributed by atoms with E-state index in [1.54, 1.807) is 0 Å². The molecule has 4 nitrogen and oxygen atoms in total. The first-order chi connectivity index (χ1) is 9.16. The van der Waals surface area contributed by atoms with Crippen molar-refractivity contribution in [3.8, 4) is 0 Å². The van der Waals surface area contributed by atoms with E-state index in [0.29, 0.717) is 0 Å². The molecule has 2 rings (SSSR count). The Morgan fingerprint density at radius 1 is 0.800 bits per heavy atom. The van der Waals surface area contributed by atoms with Gasteiger partial charge in [0.15, 0.2) is 0 Å². The van der Waals surface area contributed by atoms with Gasteiger partial charge in [-0.2, -0.15) is 0 Å². The summed E-state index contributed by atoms with van der Waals surface area (Å²) in [6.45, 7) is 0.0901. The fraction of sp³-hybridized carbons (Fsp3) is 0.143. The van der Waals surface area contributed by atoms with Crippen molar-refractivity contribution in [1.29, 1.82) is 0 Å². The van der Waals surface area contributed by atoms with Crippen LogP contribution in [0, 0.1) is 0 Å². The molecule has 0 heterocycles. The zero-order chi connectivity index (χ0) is 13.6. The minimum atomic E-state index is -4.02. The molecule has 0 aliphatic carbocycles. The van der Waals surface area contributed by atoms with Crippen LogP contribution in [-0.2, 0) is 49.2 Å². The molecule has 6 heteroatoms. The zero-order valence-corrected chi connectivity index (χ0v) is 13.0. The van der Waals surface area contributed by atoms with Crippen molar-refractivity contribution in [3.05, 3.63) is 71.8 Å². The molecular weight excluding hydrogens is 371 g/mol. The van der Waals surface area contributed by atoms with Crippen molar-refractivity contribution in [2.24, 2.45) is 0 Å². The Bertz CT molecular complexity index is 500. The maximum Gasteiger partial charge on any atom is 0.472 e. The number of rotatable bonds is 6. The van der Waals surface area contributed by atoms with Gasteiger partial charge in [-0.3, -0.25) is 9.05 Å². The molecule has 0 saturated heterocycles. The van der Waals surface area contributed by atoms with Crippen LogP contribution in [0.2, 0.25) is 0 Å². The second kappa shape index (κ2) is 8.55. The van der Waals surface area contributed by atoms with Crippen LogP contribution in [0.3, 0.4) is 0 Å². The van der Waals surface area contributed by atoms with E-state index >= 15 is 0 Å². The monoisotopic (exact) mass is 385 g/mol. The quantitative estimate of drug-likeness (QED) is 0.610. The third-order valence-corrected chi connectivity index (χ3v) is 3.39. The summed E-state index contributed by atoms with van der Waals surface area (Å²) in [5, 5.41) is 0. The van der Waals surface area contributed by atoms with Crippen LogP contribution in [0.5, 0.6) is 0 Å². The fourth-order valence-corrected chi connectivity index (χ4v) is 2.20. The van der Waals surface area contributed by atoms with Crippen LogP contribution in [0.25, 0.3) is 0 Å². The molecule has 1 N–H and O–H groups in total. The summed E-state index contributed by atoms with van der Waals surface area (Å²) in [4.78, 5) is 9.55. The number of phosphoric acid groups is 1. The first kappa shape index (κ1) is 17.3. The zero-order valence-electron chi connectivity index (χ0n) is 10.6. The minimum Gasteiger partial charge on any atom is -0.302 e. The average Bonchev–Trinajstić information content (AvgIpc) is 2.46. The number of hydrogen-bond acceptors (Lipinski definition) is 3. The third kappa shape index (κ3) is 6.16. The first-order valence-electron chi connectivity index (χ1n) is 5.85. The maximum atomic E-state index is 11.7. The van der Waals surface area contributed by atoms with Crippen LogP contribution in [0.4, 0.5) is 0 Å². The molecule has 0 spiro atoms. The topological polar surface area (TPSA) is 55.8 Å². The Kier molecular flexibility index (Phi) is 7.41. The van der Waals surface area contributed by atoms with Gasteiger partial charge in [-0.25, -0.2) is 4.57 Å². The molecule has 0 saturated carbocycles. The molecular formula is C14H15AgO4P. The fourth-order valence-electron chi connectivity index (χ4n) is 1.50. The Morgan fingerprint density at radius 3 is 1.50 bits per heavy atom. The van der Waals surface area contributed by atoms with E-state index < -0.39 is 7.82 Å². The van der Waals surface area contributed by atoms with Gasteiger partial charge in [0, 0.05) is 22.4 Å². The van der Waals surface area contributed by atoms with Gasteiger partial charge >= 0.3 is 7.82 Å². The Labute approximate surface area is 133 Å². The van der Waals surface area contributed by atoms with Gasteiger partial charge in [0.25, 0.3) is 0 Å². The SMILES string of the molecule is O=P(O)(OCc1ccccc1)OCc1ccccc1.[Ag]. The standard InChI is InChI=1S/C14H15O4P.Ag/c15-19(16,17-11-13-7-3-1-4-8-13)18-12-14-9-5-2-6-10-14;/h1-10H,11-12H2,(H,15,16);. The molecule has 0 aliphatic rings. The summed E-state index contributed by atoms with van der Waals surface area (Å²) >= 11 is 0. The second-order valence-electron chi connectivity index (χ2n) is 3.99. The van der Waals surface area contributed by atoms with Gasteiger partial charge in [-0.15, -0.1) is 0 Å². The van der Waals surface area contributed by atoms with Gasteiger partial charge in [0.2, 0.25) is 0 Å². The molecule has 0 unspecified atom stereocenters. The first-order valence-corrected chi connectivity index (χ1v) is 7.35. The molecule has 0 amide bonds. The average molecular weight is 386 g/mol. The van der Waals surface area contributed by atoms with Crippen molar-refractivity contribution in [3.63, 3.8) is 0 Å². The van der Waals surface area contributed by atoms with E-state index in [4.69, 9.17) is 9.05 Å². The Morgan fingerprint density at radius 2 is 1.15 bits per heavy atom. The number of phosphoric ester groups is 1. The van der Waals surface area contributed by atoms with Crippen molar-refractivity contribution < 1.29 is 40.9 Å². The van der Waals surface area contributed by atoms with Crippen molar-refractivity contribution in [1.82, 2.24) is 0 Å². The normalized spacial score (nSPS) is 10.8. The van der Waals surface area contributed by atoms with E-state index in [1.807, 2.05) is 60.7 Å². The predicted molar refractivity (Wildman–Crippen MR) is 72.3 cm³/mol. The largest absolute Gasteiger partial charge is 0.472 e. The summed E-state index contributed by atoms with van der Waals surface area (Å²) in [7, 11) is -4.02. The number of hydrogen-bond donors (Lipinski definition) is 1. The molecule has 111 valence electrons. The van der Waals surface area contributed by atoms with E-state index in [2.05, 4.69) is 0 Å². The summed E-state index contributed by atoms with van der Waals surface area (Å²) in [5.41, 5.74) is 1.64. The summed E-state index contributed by atoms with van der Waals surface area (Å²) in [6.07, 6.45) is 0. The second-order valence-corrected chi connectivity index (χ2v) is 5.44. The van der Waals surface area contributed by atoms with Crippen molar-refractivity contribution >= 4 is 7.82 Å². The molecule has 0 aliphatic heterocycles. The molecule has 2 aromatic rings. The van der Waals surface area contributed by atoms with Crippen molar-refractivity contribution in [2.75, 3.05) is 0 Å².